The van der Waals surface area contributed by atoms with Gasteiger partial charge in [0.2, 0.25) is 0 Å². The second-order valence-corrected chi connectivity index (χ2v) is 6.33. The smallest absolute Gasteiger partial charge is 0.259 e. The Kier molecular flexibility index (Phi) is 5.88. The maximum atomic E-state index is 12.8. The molecule has 1 amide bonds. The maximum absolute atomic E-state index is 12.8. The fraction of sp³-hybridized carbons (Fsp3) is 0.421. The lowest BCUT2D eigenvalue weighted by Crippen LogP contribution is -2.33. The molecule has 3 aromatic heterocycles. The Hall–Kier alpha value is -2.71. The molecule has 2 N–H and O–H groups in total. The fourth-order valence-corrected chi connectivity index (χ4v) is 2.96. The van der Waals surface area contributed by atoms with Gasteiger partial charge in [0.15, 0.2) is 0 Å². The van der Waals surface area contributed by atoms with Crippen LogP contribution in [0.25, 0.3) is 22.4 Å². The molecule has 144 valence electrons. The highest BCUT2D eigenvalue weighted by atomic mass is 16.5. The third-order valence-electron chi connectivity index (χ3n) is 4.25. The van der Waals surface area contributed by atoms with Crippen molar-refractivity contribution >= 4 is 17.0 Å². The van der Waals surface area contributed by atoms with Crippen LogP contribution >= 0.6 is 0 Å². The number of furan rings is 1. The van der Waals surface area contributed by atoms with Crippen LogP contribution in [0.2, 0.25) is 0 Å². The third kappa shape index (κ3) is 4.17. The number of fused-ring (bicyclic) bond motifs is 1. The van der Waals surface area contributed by atoms with Gasteiger partial charge in [-0.05, 0) is 32.9 Å². The van der Waals surface area contributed by atoms with Crippen molar-refractivity contribution < 1.29 is 18.5 Å². The van der Waals surface area contributed by atoms with Crippen LogP contribution < -0.4 is 10.6 Å². The van der Waals surface area contributed by atoms with Crippen molar-refractivity contribution in [2.45, 2.75) is 20.8 Å². The molecule has 3 aromatic rings. The number of aromatic nitrogens is 2. The quantitative estimate of drug-likeness (QED) is 0.585. The first-order chi connectivity index (χ1) is 13.0. The van der Waals surface area contributed by atoms with Crippen LogP contribution in [0.15, 0.2) is 21.1 Å². The van der Waals surface area contributed by atoms with E-state index in [1.54, 1.807) is 20.1 Å². The second-order valence-electron chi connectivity index (χ2n) is 6.33. The van der Waals surface area contributed by atoms with Crippen molar-refractivity contribution in [3.8, 4) is 11.3 Å². The fourth-order valence-electron chi connectivity index (χ4n) is 2.96. The molecule has 0 saturated carbocycles. The molecule has 0 aromatic carbocycles. The van der Waals surface area contributed by atoms with Gasteiger partial charge in [-0.2, -0.15) is 0 Å². The number of carbonyl (C=O) groups excluding carboxylic acids is 1. The first kappa shape index (κ1) is 19.1. The molecule has 8 heteroatoms. The Morgan fingerprint density at radius 3 is 2.70 bits per heavy atom. The molecule has 8 nitrogen and oxygen atoms in total. The van der Waals surface area contributed by atoms with Crippen LogP contribution in [0.4, 0.5) is 0 Å². The van der Waals surface area contributed by atoms with Crippen LogP contribution in [0.5, 0.6) is 0 Å². The summed E-state index contributed by atoms with van der Waals surface area (Å²) in [6.45, 7) is 8.05. The lowest BCUT2D eigenvalue weighted by Gasteiger charge is -2.09. The van der Waals surface area contributed by atoms with Crippen molar-refractivity contribution in [3.05, 3.63) is 34.9 Å². The van der Waals surface area contributed by atoms with Crippen LogP contribution in [0.3, 0.4) is 0 Å². The van der Waals surface area contributed by atoms with Crippen LogP contribution in [0.1, 0.15) is 27.6 Å². The van der Waals surface area contributed by atoms with E-state index in [1.165, 1.54) is 0 Å². The molecule has 0 aliphatic carbocycles. The minimum absolute atomic E-state index is 0.193. The summed E-state index contributed by atoms with van der Waals surface area (Å²) in [6.07, 6.45) is 0. The van der Waals surface area contributed by atoms with E-state index >= 15 is 0 Å². The number of rotatable bonds is 8. The first-order valence-corrected chi connectivity index (χ1v) is 8.83. The summed E-state index contributed by atoms with van der Waals surface area (Å²) in [6, 6.07) is 3.66. The van der Waals surface area contributed by atoms with E-state index in [4.69, 9.17) is 13.7 Å². The highest BCUT2D eigenvalue weighted by molar-refractivity contribution is 6.07. The van der Waals surface area contributed by atoms with Crippen molar-refractivity contribution in [2.24, 2.45) is 0 Å². The van der Waals surface area contributed by atoms with E-state index < -0.39 is 0 Å². The van der Waals surface area contributed by atoms with Gasteiger partial charge in [-0.1, -0.05) is 5.16 Å². The second kappa shape index (κ2) is 8.32. The van der Waals surface area contributed by atoms with E-state index in [2.05, 4.69) is 20.8 Å². The molecule has 0 bridgehead atoms. The SMILES string of the molecule is COCCNCCNC(=O)c1cc(-c2cc(C)oc2C)nc2onc(C)c12. The number of hydrogen-bond donors (Lipinski definition) is 2. The predicted octanol–water partition coefficient (Wildman–Crippen LogP) is 2.37. The minimum atomic E-state index is -0.193. The number of pyridine rings is 1. The zero-order valence-electron chi connectivity index (χ0n) is 16.0. The zero-order valence-corrected chi connectivity index (χ0v) is 16.0. The summed E-state index contributed by atoms with van der Waals surface area (Å²) in [5.74, 6) is 1.33. The van der Waals surface area contributed by atoms with Crippen LogP contribution in [0, 0.1) is 20.8 Å². The Bertz CT molecular complexity index is 945. The predicted molar refractivity (Wildman–Crippen MR) is 101 cm³/mol. The molecule has 0 saturated heterocycles. The van der Waals surface area contributed by atoms with Crippen molar-refractivity contribution in [2.75, 3.05) is 33.4 Å². The summed E-state index contributed by atoms with van der Waals surface area (Å²) < 4.78 is 15.9. The molecular formula is C19H24N4O4. The molecule has 0 unspecified atom stereocenters. The van der Waals surface area contributed by atoms with E-state index in [0.29, 0.717) is 47.7 Å². The van der Waals surface area contributed by atoms with E-state index in [0.717, 1.165) is 23.6 Å². The van der Waals surface area contributed by atoms with Gasteiger partial charge in [0, 0.05) is 32.3 Å². The average molecular weight is 372 g/mol. The molecule has 0 aliphatic rings. The molecular weight excluding hydrogens is 348 g/mol. The summed E-state index contributed by atoms with van der Waals surface area (Å²) in [5.41, 5.74) is 2.91. The topological polar surface area (TPSA) is 102 Å². The van der Waals surface area contributed by atoms with Crippen molar-refractivity contribution in [3.63, 3.8) is 0 Å². The van der Waals surface area contributed by atoms with Gasteiger partial charge in [0.25, 0.3) is 11.6 Å². The molecule has 3 rings (SSSR count). The van der Waals surface area contributed by atoms with Gasteiger partial charge in [0.05, 0.1) is 28.9 Å². The standard InChI is InChI=1S/C19H24N4O4/c1-11-9-14(13(3)26-11)16-10-15(17-12(2)23-27-19(17)22-16)18(24)21-6-5-20-7-8-25-4/h9-10,20H,5-8H2,1-4H3,(H,21,24). The molecule has 0 aliphatic heterocycles. The van der Waals surface area contributed by atoms with Gasteiger partial charge in [0.1, 0.15) is 11.5 Å². The number of nitrogens with one attached hydrogen (secondary N) is 2. The average Bonchev–Trinajstić information content (AvgIpc) is 3.19. The van der Waals surface area contributed by atoms with Crippen LogP contribution in [-0.2, 0) is 4.74 Å². The molecule has 27 heavy (non-hydrogen) atoms. The lowest BCUT2D eigenvalue weighted by atomic mass is 10.1. The largest absolute Gasteiger partial charge is 0.466 e. The summed E-state index contributed by atoms with van der Waals surface area (Å²) in [4.78, 5) is 17.3. The Balaban J connectivity index is 1.86. The molecule has 0 radical (unpaired) electrons. The lowest BCUT2D eigenvalue weighted by molar-refractivity contribution is 0.0955. The number of aryl methyl sites for hydroxylation is 3. The molecule has 0 fully saturated rings. The van der Waals surface area contributed by atoms with Gasteiger partial charge in [-0.3, -0.25) is 4.79 Å². The number of hydrogen-bond acceptors (Lipinski definition) is 7. The van der Waals surface area contributed by atoms with Gasteiger partial charge in [-0.25, -0.2) is 4.98 Å². The van der Waals surface area contributed by atoms with Crippen LogP contribution in [-0.4, -0.2) is 49.4 Å². The maximum Gasteiger partial charge on any atom is 0.259 e. The Morgan fingerprint density at radius 2 is 2.00 bits per heavy atom. The minimum Gasteiger partial charge on any atom is -0.466 e. The van der Waals surface area contributed by atoms with Crippen molar-refractivity contribution in [1.29, 1.82) is 0 Å². The van der Waals surface area contributed by atoms with Crippen molar-refractivity contribution in [1.82, 2.24) is 20.8 Å². The Labute approximate surface area is 157 Å². The summed E-state index contributed by atoms with van der Waals surface area (Å²) in [5, 5.41) is 10.7. The number of nitrogens with zero attached hydrogens (tertiary/aromatic N) is 2. The summed E-state index contributed by atoms with van der Waals surface area (Å²) in [7, 11) is 1.65. The van der Waals surface area contributed by atoms with Gasteiger partial charge >= 0.3 is 0 Å². The normalized spacial score (nSPS) is 11.3. The molecule has 3 heterocycles. The first-order valence-electron chi connectivity index (χ1n) is 8.83. The number of ether oxygens (including phenoxy) is 1. The Morgan fingerprint density at radius 1 is 1.19 bits per heavy atom. The number of amides is 1. The van der Waals surface area contributed by atoms with E-state index in [1.807, 2.05) is 19.9 Å². The molecule has 0 atom stereocenters. The monoisotopic (exact) mass is 372 g/mol. The summed E-state index contributed by atoms with van der Waals surface area (Å²) >= 11 is 0. The highest BCUT2D eigenvalue weighted by Crippen LogP contribution is 2.30. The van der Waals surface area contributed by atoms with Gasteiger partial charge < -0.3 is 24.3 Å². The van der Waals surface area contributed by atoms with E-state index in [-0.39, 0.29) is 5.91 Å². The number of methoxy groups -OCH3 is 1. The highest BCUT2D eigenvalue weighted by Gasteiger charge is 2.20. The molecule has 0 spiro atoms. The van der Waals surface area contributed by atoms with E-state index in [9.17, 15) is 4.79 Å². The zero-order chi connectivity index (χ0) is 19.4. The number of carbonyl (C=O) groups is 1. The third-order valence-corrected chi connectivity index (χ3v) is 4.25. The van der Waals surface area contributed by atoms with Gasteiger partial charge in [-0.15, -0.1) is 0 Å².